The van der Waals surface area contributed by atoms with Crippen molar-refractivity contribution < 1.29 is 0 Å². The number of allylic oxidation sites excluding steroid dienone is 1. The molecule has 0 heterocycles. The smallest absolute Gasteiger partial charge is 0.0210 e. The van der Waals surface area contributed by atoms with Gasteiger partial charge in [-0.15, -0.1) is 0 Å². The van der Waals surface area contributed by atoms with Crippen molar-refractivity contribution in [2.24, 2.45) is 0 Å². The van der Waals surface area contributed by atoms with E-state index in [0.29, 0.717) is 0 Å². The van der Waals surface area contributed by atoms with E-state index in [1.807, 2.05) is 0 Å². The van der Waals surface area contributed by atoms with E-state index in [-0.39, 0.29) is 0 Å². The first kappa shape index (κ1) is 13.4. The summed E-state index contributed by atoms with van der Waals surface area (Å²) in [6.07, 6.45) is 1.02. The van der Waals surface area contributed by atoms with Crippen molar-refractivity contribution in [1.29, 1.82) is 0 Å². The molecule has 98 valence electrons. The third-order valence-electron chi connectivity index (χ3n) is 3.29. The molecule has 1 nitrogen and oxygen atoms in total. The molecule has 0 saturated heterocycles. The van der Waals surface area contributed by atoms with Crippen LogP contribution >= 0.6 is 0 Å². The Labute approximate surface area is 116 Å². The van der Waals surface area contributed by atoms with Crippen LogP contribution in [-0.2, 0) is 0 Å². The number of hydrogen-bond donors (Lipinski definition) is 0. The van der Waals surface area contributed by atoms with Crippen molar-refractivity contribution in [3.63, 3.8) is 0 Å². The molecule has 0 fully saturated rings. The van der Waals surface area contributed by atoms with Gasteiger partial charge in [0.1, 0.15) is 0 Å². The summed E-state index contributed by atoms with van der Waals surface area (Å²) in [5.41, 5.74) is 5.24. The molecule has 0 spiro atoms. The quantitative estimate of drug-likeness (QED) is 0.777. The highest BCUT2D eigenvalue weighted by Gasteiger charge is 2.11. The van der Waals surface area contributed by atoms with E-state index < -0.39 is 0 Å². The van der Waals surface area contributed by atoms with Crippen LogP contribution in [0.4, 0.5) is 0 Å². The first-order chi connectivity index (χ1) is 9.24. The highest BCUT2D eigenvalue weighted by Crippen LogP contribution is 2.29. The highest BCUT2D eigenvalue weighted by molar-refractivity contribution is 5.81. The Morgan fingerprint density at radius 2 is 1.21 bits per heavy atom. The minimum Gasteiger partial charge on any atom is -0.380 e. The van der Waals surface area contributed by atoms with E-state index in [0.717, 1.165) is 6.42 Å². The van der Waals surface area contributed by atoms with Gasteiger partial charge >= 0.3 is 0 Å². The Morgan fingerprint density at radius 1 is 0.789 bits per heavy atom. The third-order valence-corrected chi connectivity index (χ3v) is 3.29. The second-order valence-corrected chi connectivity index (χ2v) is 4.80. The van der Waals surface area contributed by atoms with Gasteiger partial charge in [-0.25, -0.2) is 0 Å². The molecule has 0 atom stereocenters. The molecule has 2 aromatic carbocycles. The summed E-state index contributed by atoms with van der Waals surface area (Å²) in [7, 11) is 4.23. The van der Waals surface area contributed by atoms with E-state index in [1.54, 1.807) is 0 Å². The monoisotopic (exact) mass is 251 g/mol. The first-order valence-corrected chi connectivity index (χ1v) is 6.75. The van der Waals surface area contributed by atoms with E-state index in [4.69, 9.17) is 0 Å². The van der Waals surface area contributed by atoms with Crippen LogP contribution in [0, 0.1) is 0 Å². The molecule has 19 heavy (non-hydrogen) atoms. The second-order valence-electron chi connectivity index (χ2n) is 4.80. The molecular weight excluding hydrogens is 230 g/mol. The van der Waals surface area contributed by atoms with Crippen LogP contribution in [0.1, 0.15) is 24.5 Å². The summed E-state index contributed by atoms with van der Waals surface area (Å²) in [5, 5.41) is 0. The molecule has 0 aliphatic rings. The van der Waals surface area contributed by atoms with Gasteiger partial charge in [0.25, 0.3) is 0 Å². The molecule has 0 radical (unpaired) electrons. The largest absolute Gasteiger partial charge is 0.380 e. The molecule has 1 heteroatoms. The Kier molecular flexibility index (Phi) is 4.40. The molecule has 0 aliphatic heterocycles. The SMILES string of the molecule is CCC(=C(c1ccccc1)c1ccccc1)N(C)C. The molecule has 0 bridgehead atoms. The maximum absolute atomic E-state index is 2.22. The average molecular weight is 251 g/mol. The lowest BCUT2D eigenvalue weighted by Crippen LogP contribution is -2.13. The maximum atomic E-state index is 2.22. The van der Waals surface area contributed by atoms with Gasteiger partial charge in [-0.05, 0) is 17.5 Å². The van der Waals surface area contributed by atoms with Crippen LogP contribution in [0.5, 0.6) is 0 Å². The minimum atomic E-state index is 1.02. The van der Waals surface area contributed by atoms with Gasteiger partial charge in [0, 0.05) is 25.4 Å². The molecule has 2 rings (SSSR count). The average Bonchev–Trinajstić information content (AvgIpc) is 2.46. The van der Waals surface area contributed by atoms with Crippen molar-refractivity contribution in [1.82, 2.24) is 4.90 Å². The lowest BCUT2D eigenvalue weighted by molar-refractivity contribution is 0.497. The van der Waals surface area contributed by atoms with Crippen molar-refractivity contribution >= 4 is 5.57 Å². The lowest BCUT2D eigenvalue weighted by Gasteiger charge is -2.22. The predicted octanol–water partition coefficient (Wildman–Crippen LogP) is 4.42. The zero-order valence-electron chi connectivity index (χ0n) is 11.9. The first-order valence-electron chi connectivity index (χ1n) is 6.75. The Bertz CT molecular complexity index is 497. The van der Waals surface area contributed by atoms with Gasteiger partial charge in [-0.1, -0.05) is 67.6 Å². The summed E-state index contributed by atoms with van der Waals surface area (Å²) in [4.78, 5) is 2.22. The van der Waals surface area contributed by atoms with Crippen LogP contribution in [0.15, 0.2) is 66.4 Å². The van der Waals surface area contributed by atoms with Gasteiger partial charge in [-0.2, -0.15) is 0 Å². The van der Waals surface area contributed by atoms with Crippen molar-refractivity contribution in [3.05, 3.63) is 77.5 Å². The van der Waals surface area contributed by atoms with E-state index in [9.17, 15) is 0 Å². The molecule has 0 amide bonds. The summed E-state index contributed by atoms with van der Waals surface area (Å²) < 4.78 is 0. The van der Waals surface area contributed by atoms with Crippen LogP contribution in [-0.4, -0.2) is 19.0 Å². The number of rotatable bonds is 4. The van der Waals surface area contributed by atoms with Crippen LogP contribution < -0.4 is 0 Å². The van der Waals surface area contributed by atoms with E-state index in [1.165, 1.54) is 22.4 Å². The standard InChI is InChI=1S/C18H21N/c1-4-17(19(2)3)18(15-11-7-5-8-12-15)16-13-9-6-10-14-16/h5-14H,4H2,1-3H3. The number of benzene rings is 2. The molecule has 0 aromatic heterocycles. The Morgan fingerprint density at radius 3 is 1.53 bits per heavy atom. The van der Waals surface area contributed by atoms with E-state index >= 15 is 0 Å². The van der Waals surface area contributed by atoms with Crippen molar-refractivity contribution in [2.75, 3.05) is 14.1 Å². The number of nitrogens with zero attached hydrogens (tertiary/aromatic N) is 1. The summed E-state index contributed by atoms with van der Waals surface area (Å²) >= 11 is 0. The molecule has 0 unspecified atom stereocenters. The van der Waals surface area contributed by atoms with Crippen LogP contribution in [0.25, 0.3) is 5.57 Å². The third kappa shape index (κ3) is 3.05. The highest BCUT2D eigenvalue weighted by atomic mass is 15.1. The van der Waals surface area contributed by atoms with Gasteiger partial charge in [0.2, 0.25) is 0 Å². The predicted molar refractivity (Wildman–Crippen MR) is 82.9 cm³/mol. The fraction of sp³-hybridized carbons (Fsp3) is 0.222. The molecule has 2 aromatic rings. The molecule has 0 aliphatic carbocycles. The van der Waals surface area contributed by atoms with Gasteiger partial charge in [0.05, 0.1) is 0 Å². The zero-order chi connectivity index (χ0) is 13.7. The summed E-state index contributed by atoms with van der Waals surface area (Å²) in [6.45, 7) is 2.21. The number of hydrogen-bond acceptors (Lipinski definition) is 1. The second kappa shape index (κ2) is 6.24. The minimum absolute atomic E-state index is 1.02. The lowest BCUT2D eigenvalue weighted by atomic mass is 9.94. The summed E-state index contributed by atoms with van der Waals surface area (Å²) in [5.74, 6) is 0. The van der Waals surface area contributed by atoms with Crippen LogP contribution in [0.3, 0.4) is 0 Å². The normalized spacial score (nSPS) is 10.1. The molecular formula is C18H21N. The molecule has 0 N–H and O–H groups in total. The van der Waals surface area contributed by atoms with Gasteiger partial charge < -0.3 is 4.90 Å². The maximum Gasteiger partial charge on any atom is 0.0210 e. The summed E-state index contributed by atoms with van der Waals surface area (Å²) in [6, 6.07) is 21.2. The molecule has 0 saturated carbocycles. The fourth-order valence-electron chi connectivity index (χ4n) is 2.43. The topological polar surface area (TPSA) is 3.24 Å². The van der Waals surface area contributed by atoms with Crippen LogP contribution in [0.2, 0.25) is 0 Å². The van der Waals surface area contributed by atoms with Crippen molar-refractivity contribution in [2.45, 2.75) is 13.3 Å². The Hall–Kier alpha value is -2.02. The van der Waals surface area contributed by atoms with Crippen molar-refractivity contribution in [3.8, 4) is 0 Å². The zero-order valence-corrected chi connectivity index (χ0v) is 11.9. The van der Waals surface area contributed by atoms with Gasteiger partial charge in [0.15, 0.2) is 0 Å². The Balaban J connectivity index is 2.64. The fourth-order valence-corrected chi connectivity index (χ4v) is 2.43. The van der Waals surface area contributed by atoms with Gasteiger partial charge in [-0.3, -0.25) is 0 Å². The van der Waals surface area contributed by atoms with E-state index in [2.05, 4.69) is 86.6 Å².